The number of hydrogen-bond donors (Lipinski definition) is 2. The first kappa shape index (κ1) is 22.4. The van der Waals surface area contributed by atoms with Crippen molar-refractivity contribution in [1.82, 2.24) is 15.3 Å². The lowest BCUT2D eigenvalue weighted by Crippen LogP contribution is -2.38. The summed E-state index contributed by atoms with van der Waals surface area (Å²) < 4.78 is 2.03. The number of hydrazone groups is 1. The fourth-order valence-corrected chi connectivity index (χ4v) is 4.12. The van der Waals surface area contributed by atoms with E-state index in [1.54, 1.807) is 18.3 Å². The van der Waals surface area contributed by atoms with Gasteiger partial charge in [0.2, 0.25) is 11.8 Å². The molecule has 1 fully saturated rings. The summed E-state index contributed by atoms with van der Waals surface area (Å²) in [5.41, 5.74) is 6.11. The molecule has 0 atom stereocenters. The zero-order valence-electron chi connectivity index (χ0n) is 17.2. The van der Waals surface area contributed by atoms with Crippen LogP contribution >= 0.6 is 23.2 Å². The van der Waals surface area contributed by atoms with E-state index in [2.05, 4.69) is 15.8 Å². The number of aryl methyl sites for hydroxylation is 1. The van der Waals surface area contributed by atoms with E-state index in [1.807, 2.05) is 30.5 Å². The highest BCUT2D eigenvalue weighted by molar-refractivity contribution is 6.42. The molecule has 1 saturated carbocycles. The quantitative estimate of drug-likeness (QED) is 0.382. The molecule has 1 heterocycles. The van der Waals surface area contributed by atoms with E-state index < -0.39 is 5.91 Å². The van der Waals surface area contributed by atoms with Crippen molar-refractivity contribution in [3.05, 3.63) is 51.3 Å². The molecule has 0 saturated heterocycles. The van der Waals surface area contributed by atoms with E-state index in [4.69, 9.17) is 23.2 Å². The third kappa shape index (κ3) is 5.64. The highest BCUT2D eigenvalue weighted by Gasteiger charge is 2.17. The summed E-state index contributed by atoms with van der Waals surface area (Å²) in [5.74, 6) is -0.690. The number of hydrogen-bond acceptors (Lipinski definition) is 3. The van der Waals surface area contributed by atoms with Crippen LogP contribution < -0.4 is 10.7 Å². The van der Waals surface area contributed by atoms with E-state index in [1.165, 1.54) is 6.42 Å². The Morgan fingerprint density at radius 1 is 1.10 bits per heavy atom. The van der Waals surface area contributed by atoms with Crippen molar-refractivity contribution in [3.8, 4) is 5.69 Å². The fourth-order valence-electron chi connectivity index (χ4n) is 3.82. The second-order valence-corrected chi connectivity index (χ2v) is 8.45. The molecular weight excluding hydrogens is 423 g/mol. The Hall–Kier alpha value is -2.31. The molecule has 2 amide bonds. The van der Waals surface area contributed by atoms with Gasteiger partial charge in [-0.3, -0.25) is 9.59 Å². The Morgan fingerprint density at radius 3 is 2.53 bits per heavy atom. The molecule has 2 N–H and O–H groups in total. The maximum atomic E-state index is 12.0. The zero-order chi connectivity index (χ0) is 21.7. The Labute approximate surface area is 186 Å². The average Bonchev–Trinajstić information content (AvgIpc) is 2.98. The fraction of sp³-hybridized carbons (Fsp3) is 0.409. The lowest BCUT2D eigenvalue weighted by Gasteiger charge is -2.22. The number of rotatable bonds is 6. The lowest BCUT2D eigenvalue weighted by atomic mass is 9.95. The van der Waals surface area contributed by atoms with Crippen molar-refractivity contribution in [2.45, 2.75) is 58.4 Å². The number of carbonyl (C=O) groups is 2. The minimum atomic E-state index is -0.433. The van der Waals surface area contributed by atoms with Crippen LogP contribution in [-0.2, 0) is 9.59 Å². The molecule has 0 unspecified atom stereocenters. The highest BCUT2D eigenvalue weighted by atomic mass is 35.5. The van der Waals surface area contributed by atoms with Gasteiger partial charge in [-0.2, -0.15) is 5.10 Å². The third-order valence-electron chi connectivity index (χ3n) is 5.32. The Kier molecular flexibility index (Phi) is 7.56. The van der Waals surface area contributed by atoms with Gasteiger partial charge in [0.25, 0.3) is 0 Å². The van der Waals surface area contributed by atoms with Gasteiger partial charge in [0.05, 0.1) is 16.3 Å². The van der Waals surface area contributed by atoms with Gasteiger partial charge in [0, 0.05) is 28.7 Å². The number of nitrogens with one attached hydrogen (secondary N) is 2. The predicted octanol–water partition coefficient (Wildman–Crippen LogP) is 4.69. The molecule has 30 heavy (non-hydrogen) atoms. The maximum absolute atomic E-state index is 12.0. The largest absolute Gasteiger partial charge is 0.353 e. The van der Waals surface area contributed by atoms with Crippen LogP contribution in [0.25, 0.3) is 5.69 Å². The topological polar surface area (TPSA) is 75.5 Å². The van der Waals surface area contributed by atoms with Gasteiger partial charge < -0.3 is 9.88 Å². The molecule has 1 aliphatic rings. The van der Waals surface area contributed by atoms with E-state index in [0.29, 0.717) is 10.0 Å². The van der Waals surface area contributed by atoms with E-state index in [9.17, 15) is 9.59 Å². The minimum absolute atomic E-state index is 0.189. The molecular formula is C22H26Cl2N4O2. The number of amides is 2. The Morgan fingerprint density at radius 2 is 1.83 bits per heavy atom. The monoisotopic (exact) mass is 448 g/mol. The first-order valence-corrected chi connectivity index (χ1v) is 10.9. The highest BCUT2D eigenvalue weighted by Crippen LogP contribution is 2.27. The first-order valence-electron chi connectivity index (χ1n) is 10.1. The molecule has 2 aromatic rings. The van der Waals surface area contributed by atoms with Crippen LogP contribution in [0.15, 0.2) is 29.4 Å². The van der Waals surface area contributed by atoms with Gasteiger partial charge in [-0.05, 0) is 51.0 Å². The second kappa shape index (κ2) is 10.1. The van der Waals surface area contributed by atoms with E-state index >= 15 is 0 Å². The van der Waals surface area contributed by atoms with Crippen LogP contribution in [0.1, 0.15) is 55.5 Å². The molecule has 0 radical (unpaired) electrons. The standard InChI is InChI=1S/C22H26Cl2N4O2/c1-14-10-16(15(2)28(14)18-8-9-19(23)20(24)11-18)13-25-27-22(30)12-21(29)26-17-6-4-3-5-7-17/h8-11,13,17H,3-7,12H2,1-2H3,(H,26,29)(H,27,30). The molecule has 1 aliphatic carbocycles. The normalized spacial score (nSPS) is 14.8. The number of halogens is 2. The van der Waals surface area contributed by atoms with Gasteiger partial charge >= 0.3 is 0 Å². The number of carbonyl (C=O) groups excluding carboxylic acids is 2. The van der Waals surface area contributed by atoms with Gasteiger partial charge in [-0.1, -0.05) is 42.5 Å². The van der Waals surface area contributed by atoms with Gasteiger partial charge in [0.1, 0.15) is 6.42 Å². The summed E-state index contributed by atoms with van der Waals surface area (Å²) in [7, 11) is 0. The number of benzene rings is 1. The summed E-state index contributed by atoms with van der Waals surface area (Å²) in [6, 6.07) is 7.60. The van der Waals surface area contributed by atoms with Crippen molar-refractivity contribution in [3.63, 3.8) is 0 Å². The Balaban J connectivity index is 1.59. The van der Waals surface area contributed by atoms with Crippen LogP contribution in [0.5, 0.6) is 0 Å². The summed E-state index contributed by atoms with van der Waals surface area (Å²) in [4.78, 5) is 24.0. The van der Waals surface area contributed by atoms with Gasteiger partial charge in [0.15, 0.2) is 0 Å². The molecule has 0 spiro atoms. The van der Waals surface area contributed by atoms with Crippen molar-refractivity contribution < 1.29 is 9.59 Å². The van der Waals surface area contributed by atoms with Crippen LogP contribution in [0.2, 0.25) is 10.0 Å². The Bertz CT molecular complexity index is 962. The average molecular weight is 449 g/mol. The smallest absolute Gasteiger partial charge is 0.249 e. The number of nitrogens with zero attached hydrogens (tertiary/aromatic N) is 2. The summed E-state index contributed by atoms with van der Waals surface area (Å²) in [6.45, 7) is 3.93. The zero-order valence-corrected chi connectivity index (χ0v) is 18.7. The van der Waals surface area contributed by atoms with E-state index in [-0.39, 0.29) is 18.4 Å². The number of aromatic nitrogens is 1. The summed E-state index contributed by atoms with van der Waals surface area (Å²) >= 11 is 12.2. The van der Waals surface area contributed by atoms with Crippen molar-refractivity contribution in [2.75, 3.05) is 0 Å². The van der Waals surface area contributed by atoms with Crippen molar-refractivity contribution in [1.29, 1.82) is 0 Å². The molecule has 1 aromatic carbocycles. The maximum Gasteiger partial charge on any atom is 0.249 e. The van der Waals surface area contributed by atoms with Gasteiger partial charge in [-0.25, -0.2) is 5.43 Å². The molecule has 3 rings (SSSR count). The van der Waals surface area contributed by atoms with Crippen LogP contribution in [-0.4, -0.2) is 28.6 Å². The molecule has 0 aliphatic heterocycles. The van der Waals surface area contributed by atoms with Crippen LogP contribution in [0.3, 0.4) is 0 Å². The first-order chi connectivity index (χ1) is 14.3. The van der Waals surface area contributed by atoms with Crippen LogP contribution in [0.4, 0.5) is 0 Å². The molecule has 160 valence electrons. The molecule has 0 bridgehead atoms. The van der Waals surface area contributed by atoms with E-state index in [0.717, 1.165) is 48.3 Å². The molecule has 6 nitrogen and oxygen atoms in total. The summed E-state index contributed by atoms with van der Waals surface area (Å²) in [5, 5.41) is 7.93. The third-order valence-corrected chi connectivity index (χ3v) is 6.05. The predicted molar refractivity (Wildman–Crippen MR) is 121 cm³/mol. The van der Waals surface area contributed by atoms with Crippen LogP contribution in [0, 0.1) is 13.8 Å². The second-order valence-electron chi connectivity index (χ2n) is 7.63. The molecule has 1 aromatic heterocycles. The summed E-state index contributed by atoms with van der Waals surface area (Å²) in [6.07, 6.45) is 6.79. The molecule has 8 heteroatoms. The lowest BCUT2D eigenvalue weighted by molar-refractivity contribution is -0.129. The SMILES string of the molecule is Cc1cc(C=NNC(=O)CC(=O)NC2CCCCC2)c(C)n1-c1ccc(Cl)c(Cl)c1. The van der Waals surface area contributed by atoms with Crippen molar-refractivity contribution >= 4 is 41.2 Å². The minimum Gasteiger partial charge on any atom is -0.353 e. The van der Waals surface area contributed by atoms with Crippen molar-refractivity contribution in [2.24, 2.45) is 5.10 Å². The van der Waals surface area contributed by atoms with Gasteiger partial charge in [-0.15, -0.1) is 0 Å².